The minimum Gasteiger partial charge on any atom is -0.425 e. The van der Waals surface area contributed by atoms with Crippen LogP contribution in [0.2, 0.25) is 0 Å². The number of Topliss-reactive ketones (excluding diaryl/α,β-unsaturated/α-hetero) is 1. The average Bonchev–Trinajstić information content (AvgIpc) is 3.47. The number of anilines is 1. The van der Waals surface area contributed by atoms with Crippen LogP contribution >= 0.6 is 0 Å². The van der Waals surface area contributed by atoms with Crippen molar-refractivity contribution in [2.45, 2.75) is 18.9 Å². The van der Waals surface area contributed by atoms with Crippen LogP contribution < -0.4 is 21.3 Å². The lowest BCUT2D eigenvalue weighted by Crippen LogP contribution is -2.44. The van der Waals surface area contributed by atoms with E-state index in [1.54, 1.807) is 43.4 Å². The van der Waals surface area contributed by atoms with Gasteiger partial charge in [0.15, 0.2) is 5.78 Å². The third-order valence-electron chi connectivity index (χ3n) is 8.46. The lowest BCUT2D eigenvalue weighted by atomic mass is 9.81. The molecule has 2 aliphatic heterocycles. The van der Waals surface area contributed by atoms with Crippen molar-refractivity contribution in [1.29, 1.82) is 0 Å². The first-order valence-electron chi connectivity index (χ1n) is 13.8. The largest absolute Gasteiger partial charge is 0.425 e. The predicted octanol–water partition coefficient (Wildman–Crippen LogP) is 2.84. The number of fused-ring (bicyclic) bond motifs is 4. The summed E-state index contributed by atoms with van der Waals surface area (Å²) in [5, 5.41) is 3.19. The van der Waals surface area contributed by atoms with Gasteiger partial charge in [-0.3, -0.25) is 33.2 Å². The Labute approximate surface area is 249 Å². The van der Waals surface area contributed by atoms with E-state index in [0.29, 0.717) is 28.0 Å². The van der Waals surface area contributed by atoms with Crippen molar-refractivity contribution in [3.8, 4) is 5.75 Å². The van der Waals surface area contributed by atoms with Crippen molar-refractivity contribution in [1.82, 2.24) is 14.0 Å². The summed E-state index contributed by atoms with van der Waals surface area (Å²) < 4.78 is 7.89. The monoisotopic (exact) mass is 588 g/mol. The van der Waals surface area contributed by atoms with E-state index in [9.17, 15) is 28.8 Å². The Morgan fingerprint density at radius 3 is 1.95 bits per heavy atom. The minimum absolute atomic E-state index is 0.139. The molecule has 11 nitrogen and oxygen atoms in total. The molecule has 1 aromatic heterocycles. The molecule has 3 aliphatic rings. The maximum Gasteiger partial charge on any atom is 0.334 e. The van der Waals surface area contributed by atoms with Gasteiger partial charge in [-0.05, 0) is 36.8 Å². The summed E-state index contributed by atoms with van der Waals surface area (Å²) in [5.74, 6) is -2.59. The summed E-state index contributed by atoms with van der Waals surface area (Å²) in [6.07, 6.45) is 0. The summed E-state index contributed by atoms with van der Waals surface area (Å²) in [7, 11) is 2.94. The number of carbonyl (C=O) groups is 4. The molecule has 0 radical (unpaired) electrons. The van der Waals surface area contributed by atoms with Crippen molar-refractivity contribution in [2.24, 2.45) is 14.1 Å². The van der Waals surface area contributed by atoms with Crippen LogP contribution in [0.5, 0.6) is 5.75 Å². The van der Waals surface area contributed by atoms with Gasteiger partial charge in [-0.2, -0.15) is 0 Å². The molecule has 0 saturated carbocycles. The second-order valence-corrected chi connectivity index (χ2v) is 10.9. The number of aromatic nitrogens is 2. The smallest absolute Gasteiger partial charge is 0.334 e. The Balaban J connectivity index is 1.24. The zero-order valence-corrected chi connectivity index (χ0v) is 23.8. The lowest BCUT2D eigenvalue weighted by molar-refractivity contribution is -0.138. The number of rotatable bonds is 4. The fourth-order valence-corrected chi connectivity index (χ4v) is 6.19. The second-order valence-electron chi connectivity index (χ2n) is 10.9. The molecule has 0 spiro atoms. The summed E-state index contributed by atoms with van der Waals surface area (Å²) in [5.41, 5.74) is 2.24. The fourth-order valence-electron chi connectivity index (χ4n) is 6.19. The molecule has 3 aromatic carbocycles. The highest BCUT2D eigenvalue weighted by molar-refractivity contribution is 6.24. The van der Waals surface area contributed by atoms with Crippen LogP contribution in [0.3, 0.4) is 0 Å². The van der Waals surface area contributed by atoms with Gasteiger partial charge < -0.3 is 10.1 Å². The van der Waals surface area contributed by atoms with E-state index in [1.807, 2.05) is 12.1 Å². The van der Waals surface area contributed by atoms with Crippen molar-refractivity contribution in [3.63, 3.8) is 0 Å². The van der Waals surface area contributed by atoms with Crippen molar-refractivity contribution < 1.29 is 23.9 Å². The Hall–Kier alpha value is -5.84. The van der Waals surface area contributed by atoms with Crippen LogP contribution in [0.15, 0.2) is 88.0 Å². The topological polar surface area (TPSA) is 137 Å². The zero-order valence-electron chi connectivity index (χ0n) is 23.8. The Morgan fingerprint density at radius 2 is 1.34 bits per heavy atom. The van der Waals surface area contributed by atoms with E-state index in [4.69, 9.17) is 4.74 Å². The van der Waals surface area contributed by atoms with Gasteiger partial charge in [0.05, 0.1) is 22.4 Å². The fraction of sp³-hybridized carbons (Fsp3) is 0.152. The van der Waals surface area contributed by atoms with Gasteiger partial charge >= 0.3 is 11.7 Å². The Kier molecular flexibility index (Phi) is 5.89. The van der Waals surface area contributed by atoms with E-state index >= 15 is 0 Å². The first-order chi connectivity index (χ1) is 21.1. The molecule has 3 heterocycles. The van der Waals surface area contributed by atoms with Crippen LogP contribution in [0, 0.1) is 0 Å². The highest BCUT2D eigenvalue weighted by atomic mass is 16.5. The summed E-state index contributed by atoms with van der Waals surface area (Å²) >= 11 is 0. The van der Waals surface area contributed by atoms with E-state index < -0.39 is 41.0 Å². The van der Waals surface area contributed by atoms with Gasteiger partial charge in [0.1, 0.15) is 17.6 Å². The van der Waals surface area contributed by atoms with Crippen molar-refractivity contribution >= 4 is 35.1 Å². The average molecular weight is 589 g/mol. The molecule has 0 bridgehead atoms. The minimum atomic E-state index is -1.19. The first kappa shape index (κ1) is 27.0. The Bertz CT molecular complexity index is 2100. The maximum absolute atomic E-state index is 13.7. The summed E-state index contributed by atoms with van der Waals surface area (Å²) in [4.78, 5) is 79.7. The second kappa shape index (κ2) is 9.60. The number of amides is 2. The number of imide groups is 1. The zero-order chi connectivity index (χ0) is 31.0. The highest BCUT2D eigenvalue weighted by Crippen LogP contribution is 2.48. The van der Waals surface area contributed by atoms with Crippen LogP contribution in [0.4, 0.5) is 5.82 Å². The van der Waals surface area contributed by atoms with Gasteiger partial charge in [-0.15, -0.1) is 0 Å². The van der Waals surface area contributed by atoms with Crippen LogP contribution in [-0.2, 0) is 18.9 Å². The number of carbonyl (C=O) groups excluding carboxylic acids is 4. The number of nitrogens with zero attached hydrogens (tertiary/aromatic N) is 3. The molecule has 2 amide bonds. The van der Waals surface area contributed by atoms with Crippen molar-refractivity contribution in [3.05, 3.63) is 133 Å². The predicted molar refractivity (Wildman–Crippen MR) is 159 cm³/mol. The number of esters is 1. The van der Waals surface area contributed by atoms with Gasteiger partial charge in [0.25, 0.3) is 17.4 Å². The molecule has 11 heteroatoms. The molecule has 218 valence electrons. The van der Waals surface area contributed by atoms with Crippen LogP contribution in [-0.4, -0.2) is 43.6 Å². The van der Waals surface area contributed by atoms with Gasteiger partial charge in [0.2, 0.25) is 0 Å². The number of nitrogens with one attached hydrogen (secondary N) is 1. The van der Waals surface area contributed by atoms with Gasteiger partial charge in [-0.1, -0.05) is 48.5 Å². The number of allylic oxidation sites excluding steroid dienone is 1. The number of hydrogen-bond acceptors (Lipinski definition) is 8. The molecule has 0 fully saturated rings. The quantitative estimate of drug-likeness (QED) is 0.218. The normalized spacial score (nSPS) is 17.1. The first-order valence-corrected chi connectivity index (χ1v) is 13.8. The molecule has 0 saturated heterocycles. The standard InChI is InChI=1S/C33H24N4O7/c1-16(37-29(39)21-10-6-7-11-22(21)30(37)40)32(42)44-18-14-12-17(13-15-18)23-24-26(19-8-4-5-9-20(19)27(24)38)34-28-25(23)31(41)36(3)33(43)35(28)2/h4-16,23,34H,1-3H3/t16-,23+/m0/s1. The number of hydrogen-bond donors (Lipinski definition) is 1. The van der Waals surface area contributed by atoms with E-state index in [2.05, 4.69) is 5.32 Å². The van der Waals surface area contributed by atoms with Gasteiger partial charge in [-0.25, -0.2) is 9.59 Å². The van der Waals surface area contributed by atoms with Crippen molar-refractivity contribution in [2.75, 3.05) is 5.32 Å². The summed E-state index contributed by atoms with van der Waals surface area (Å²) in [6.45, 7) is 1.42. The molecule has 7 rings (SSSR count). The number of ketones is 1. The lowest BCUT2D eigenvalue weighted by Gasteiger charge is -2.29. The molecule has 1 aliphatic carbocycles. The molecule has 1 N–H and O–H groups in total. The number of benzene rings is 3. The third-order valence-corrected chi connectivity index (χ3v) is 8.46. The van der Waals surface area contributed by atoms with Crippen LogP contribution in [0.1, 0.15) is 60.6 Å². The molecule has 2 atom stereocenters. The van der Waals surface area contributed by atoms with E-state index in [0.717, 1.165) is 9.47 Å². The molecule has 4 aromatic rings. The maximum atomic E-state index is 13.7. The van der Waals surface area contributed by atoms with Crippen LogP contribution in [0.25, 0.3) is 5.70 Å². The summed E-state index contributed by atoms with van der Waals surface area (Å²) in [6, 6.07) is 18.6. The molecular weight excluding hydrogens is 564 g/mol. The third kappa shape index (κ3) is 3.68. The Morgan fingerprint density at radius 1 is 0.773 bits per heavy atom. The van der Waals surface area contributed by atoms with Gasteiger partial charge in [0, 0.05) is 36.7 Å². The highest BCUT2D eigenvalue weighted by Gasteiger charge is 2.43. The molecule has 0 unspecified atom stereocenters. The SMILES string of the molecule is C[C@@H](C(=O)Oc1ccc([C@@H]2C3=C(Nc4c2c(=O)n(C)c(=O)n4C)c2ccccc2C3=O)cc1)N1C(=O)c2ccccc2C1=O. The molecule has 44 heavy (non-hydrogen) atoms. The van der Waals surface area contributed by atoms with E-state index in [-0.39, 0.29) is 34.0 Å². The number of ether oxygens (including phenoxy) is 1. The van der Waals surface area contributed by atoms with E-state index in [1.165, 1.54) is 42.8 Å². The molecular formula is C33H24N4O7.